The lowest BCUT2D eigenvalue weighted by Gasteiger charge is -2.36. The van der Waals surface area contributed by atoms with E-state index in [9.17, 15) is 4.79 Å². The molecule has 24 heavy (non-hydrogen) atoms. The average Bonchev–Trinajstić information content (AvgIpc) is 3.02. The zero-order valence-electron chi connectivity index (χ0n) is 14.1. The maximum Gasteiger partial charge on any atom is 0.191 e. The van der Waals surface area contributed by atoms with Gasteiger partial charge in [0.05, 0.1) is 6.61 Å². The topological polar surface area (TPSA) is 54.0 Å². The predicted octanol–water partition coefficient (Wildman–Crippen LogP) is 2.98. The molecule has 1 aromatic rings. The zero-order valence-corrected chi connectivity index (χ0v) is 14.1. The van der Waals surface area contributed by atoms with E-state index >= 15 is 0 Å². The first-order chi connectivity index (χ1) is 11.5. The van der Waals surface area contributed by atoms with Gasteiger partial charge in [-0.3, -0.25) is 0 Å². The van der Waals surface area contributed by atoms with Gasteiger partial charge >= 0.3 is 0 Å². The van der Waals surface area contributed by atoms with E-state index in [1.807, 2.05) is 50.3 Å². The van der Waals surface area contributed by atoms with Gasteiger partial charge in [-0.1, -0.05) is 36.4 Å². The van der Waals surface area contributed by atoms with Crippen molar-refractivity contribution in [3.63, 3.8) is 0 Å². The van der Waals surface area contributed by atoms with Crippen LogP contribution in [0.3, 0.4) is 0 Å². The number of carbonyl (C=O) groups is 1. The fourth-order valence-corrected chi connectivity index (χ4v) is 3.37. The zero-order chi connectivity index (χ0) is 17.2. The summed E-state index contributed by atoms with van der Waals surface area (Å²) in [5.41, 5.74) is 0.145. The lowest BCUT2D eigenvalue weighted by atomic mass is 9.87. The van der Waals surface area contributed by atoms with Crippen molar-refractivity contribution in [2.24, 2.45) is 0 Å². The number of ether oxygens (including phenoxy) is 4. The minimum absolute atomic E-state index is 0.374. The van der Waals surface area contributed by atoms with Crippen LogP contribution in [0.25, 0.3) is 0 Å². The van der Waals surface area contributed by atoms with E-state index in [1.165, 1.54) is 0 Å². The second kappa shape index (κ2) is 6.76. The summed E-state index contributed by atoms with van der Waals surface area (Å²) in [6.45, 7) is 7.82. The Balaban J connectivity index is 1.86. The van der Waals surface area contributed by atoms with Gasteiger partial charge in [0.25, 0.3) is 0 Å². The molecule has 2 saturated heterocycles. The molecule has 2 heterocycles. The van der Waals surface area contributed by atoms with Crippen LogP contribution in [0, 0.1) is 0 Å². The minimum atomic E-state index is -0.885. The van der Waals surface area contributed by atoms with Gasteiger partial charge in [-0.05, 0) is 32.3 Å². The molecule has 0 bridgehead atoms. The van der Waals surface area contributed by atoms with Gasteiger partial charge < -0.3 is 23.7 Å². The van der Waals surface area contributed by atoms with Crippen molar-refractivity contribution >= 4 is 6.29 Å². The second-order valence-electron chi connectivity index (χ2n) is 6.67. The van der Waals surface area contributed by atoms with E-state index < -0.39 is 29.9 Å². The summed E-state index contributed by atoms with van der Waals surface area (Å²) < 4.78 is 23.9. The molecule has 1 aromatic carbocycles. The molecule has 0 aromatic heterocycles. The fourth-order valence-electron chi connectivity index (χ4n) is 3.37. The van der Waals surface area contributed by atoms with E-state index in [4.69, 9.17) is 18.9 Å². The van der Waals surface area contributed by atoms with Crippen LogP contribution in [-0.4, -0.2) is 36.2 Å². The van der Waals surface area contributed by atoms with E-state index in [1.54, 1.807) is 0 Å². The number of aldehydes is 1. The van der Waals surface area contributed by atoms with Crippen molar-refractivity contribution in [3.05, 3.63) is 48.6 Å². The monoisotopic (exact) mass is 332 g/mol. The van der Waals surface area contributed by atoms with Gasteiger partial charge in [0.1, 0.15) is 17.8 Å². The Morgan fingerprint density at radius 3 is 2.67 bits per heavy atom. The summed E-state index contributed by atoms with van der Waals surface area (Å²) in [5, 5.41) is 0. The smallest absolute Gasteiger partial charge is 0.191 e. The molecule has 130 valence electrons. The van der Waals surface area contributed by atoms with Crippen molar-refractivity contribution in [2.45, 2.75) is 63.2 Å². The number of hydrogen-bond acceptors (Lipinski definition) is 5. The number of fused-ring (bicyclic) bond motifs is 1. The molecule has 5 nitrogen and oxygen atoms in total. The summed E-state index contributed by atoms with van der Waals surface area (Å²) in [4.78, 5) is 11.6. The highest BCUT2D eigenvalue weighted by molar-refractivity contribution is 5.60. The van der Waals surface area contributed by atoms with Gasteiger partial charge in [-0.2, -0.15) is 0 Å². The number of allylic oxidation sites excluding steroid dienone is 1. The van der Waals surface area contributed by atoms with Crippen molar-refractivity contribution in [1.82, 2.24) is 0 Å². The third kappa shape index (κ3) is 3.17. The average molecular weight is 332 g/mol. The normalized spacial score (nSPS) is 34.0. The quantitative estimate of drug-likeness (QED) is 0.567. The number of carbonyl (C=O) groups excluding carboxylic acids is 1. The molecular weight excluding hydrogens is 308 g/mol. The van der Waals surface area contributed by atoms with Crippen LogP contribution in [0.5, 0.6) is 0 Å². The Hall–Kier alpha value is -1.53. The molecule has 2 aliphatic heterocycles. The summed E-state index contributed by atoms with van der Waals surface area (Å²) in [7, 11) is 0. The van der Waals surface area contributed by atoms with E-state index in [2.05, 4.69) is 6.58 Å². The predicted molar refractivity (Wildman–Crippen MR) is 88.2 cm³/mol. The second-order valence-corrected chi connectivity index (χ2v) is 6.67. The van der Waals surface area contributed by atoms with Gasteiger partial charge in [0.15, 0.2) is 18.4 Å². The summed E-state index contributed by atoms with van der Waals surface area (Å²) in [6.07, 6.45) is 2.08. The lowest BCUT2D eigenvalue weighted by Crippen LogP contribution is -2.51. The molecule has 0 radical (unpaired) electrons. The Labute approximate surface area is 142 Å². The molecule has 0 N–H and O–H groups in total. The van der Waals surface area contributed by atoms with Gasteiger partial charge in [0, 0.05) is 0 Å². The summed E-state index contributed by atoms with van der Waals surface area (Å²) in [5.74, 6) is -0.765. The molecule has 2 fully saturated rings. The highest BCUT2D eigenvalue weighted by atomic mass is 16.8. The van der Waals surface area contributed by atoms with Crippen LogP contribution in [0.2, 0.25) is 0 Å². The first-order valence-corrected chi connectivity index (χ1v) is 8.26. The molecule has 0 spiro atoms. The van der Waals surface area contributed by atoms with Crippen LogP contribution in [0.4, 0.5) is 0 Å². The molecule has 5 heteroatoms. The molecule has 0 unspecified atom stereocenters. The fraction of sp³-hybridized carbons (Fsp3) is 0.526. The van der Waals surface area contributed by atoms with E-state index in [0.717, 1.165) is 11.8 Å². The van der Waals surface area contributed by atoms with Gasteiger partial charge in [-0.25, -0.2) is 0 Å². The maximum atomic E-state index is 11.6. The van der Waals surface area contributed by atoms with Crippen LogP contribution >= 0.6 is 0 Å². The SMILES string of the molecule is C=CCC[C@@]1(OCc2ccccc2)[C@@H](C=O)O[C@@H]2OC(C)(C)O[C@@H]21. The first-order valence-electron chi connectivity index (χ1n) is 8.26. The Bertz CT molecular complexity index is 585. The summed E-state index contributed by atoms with van der Waals surface area (Å²) >= 11 is 0. The van der Waals surface area contributed by atoms with Crippen LogP contribution in [0.1, 0.15) is 32.3 Å². The lowest BCUT2D eigenvalue weighted by molar-refractivity contribution is -0.235. The third-order valence-corrected chi connectivity index (χ3v) is 4.52. The molecule has 0 saturated carbocycles. The van der Waals surface area contributed by atoms with Crippen molar-refractivity contribution in [2.75, 3.05) is 0 Å². The van der Waals surface area contributed by atoms with Gasteiger partial charge in [-0.15, -0.1) is 6.58 Å². The first kappa shape index (κ1) is 17.3. The molecule has 0 amide bonds. The van der Waals surface area contributed by atoms with E-state index in [0.29, 0.717) is 19.4 Å². The third-order valence-electron chi connectivity index (χ3n) is 4.52. The largest absolute Gasteiger partial charge is 0.364 e. The number of hydrogen-bond donors (Lipinski definition) is 0. The summed E-state index contributed by atoms with van der Waals surface area (Å²) in [6, 6.07) is 9.84. The molecule has 0 aliphatic carbocycles. The van der Waals surface area contributed by atoms with Crippen LogP contribution in [0.15, 0.2) is 43.0 Å². The van der Waals surface area contributed by atoms with Gasteiger partial charge in [0.2, 0.25) is 0 Å². The van der Waals surface area contributed by atoms with Crippen LogP contribution < -0.4 is 0 Å². The molecule has 3 rings (SSSR count). The Kier molecular flexibility index (Phi) is 4.88. The van der Waals surface area contributed by atoms with Crippen molar-refractivity contribution in [3.8, 4) is 0 Å². The van der Waals surface area contributed by atoms with Crippen LogP contribution in [-0.2, 0) is 30.3 Å². The Morgan fingerprint density at radius 1 is 1.25 bits per heavy atom. The Morgan fingerprint density at radius 2 is 2.00 bits per heavy atom. The number of benzene rings is 1. The molecule has 2 aliphatic rings. The van der Waals surface area contributed by atoms with Crippen molar-refractivity contribution < 1.29 is 23.7 Å². The highest BCUT2D eigenvalue weighted by Crippen LogP contribution is 2.47. The minimum Gasteiger partial charge on any atom is -0.364 e. The van der Waals surface area contributed by atoms with E-state index in [-0.39, 0.29) is 0 Å². The standard InChI is InChI=1S/C19H24O5/c1-4-5-11-19(21-13-14-9-7-6-8-10-14)15(12-20)22-17-16(19)23-18(2,3)24-17/h4,6-10,12,15-17H,1,5,11,13H2,2-3H3/t15-,16+,17-,19-/m1/s1. The number of rotatable bonds is 7. The molecular formula is C19H24O5. The maximum absolute atomic E-state index is 11.6. The van der Waals surface area contributed by atoms with Crippen molar-refractivity contribution in [1.29, 1.82) is 0 Å². The molecule has 4 atom stereocenters. The highest BCUT2D eigenvalue weighted by Gasteiger charge is 2.64.